The number of ketones is 1. The van der Waals surface area contributed by atoms with Crippen LogP contribution < -0.4 is 0 Å². The van der Waals surface area contributed by atoms with Crippen molar-refractivity contribution in [2.45, 2.75) is 72.1 Å². The number of hydrogen-bond donors (Lipinski definition) is 0. The fourth-order valence-electron chi connectivity index (χ4n) is 2.76. The SMILES string of the molecule is CCCCCCCCCC(=O)COCC1C(C)=CC=C1C. The average molecular weight is 292 g/mol. The Labute approximate surface area is 130 Å². The molecule has 0 saturated heterocycles. The molecule has 0 radical (unpaired) electrons. The molecular formula is C19H32O2. The molecule has 0 N–H and O–H groups in total. The van der Waals surface area contributed by atoms with E-state index in [-0.39, 0.29) is 12.4 Å². The largest absolute Gasteiger partial charge is 0.373 e. The molecule has 120 valence electrons. The fourth-order valence-corrected chi connectivity index (χ4v) is 2.76. The van der Waals surface area contributed by atoms with Crippen LogP contribution in [0.2, 0.25) is 0 Å². The third kappa shape index (κ3) is 7.61. The number of carbonyl (C=O) groups excluding carboxylic acids is 1. The van der Waals surface area contributed by atoms with Crippen LogP contribution in [0.25, 0.3) is 0 Å². The van der Waals surface area contributed by atoms with E-state index in [1.165, 1.54) is 49.7 Å². The number of hydrogen-bond acceptors (Lipinski definition) is 2. The van der Waals surface area contributed by atoms with Crippen LogP contribution in [-0.2, 0) is 9.53 Å². The molecule has 0 aromatic rings. The van der Waals surface area contributed by atoms with Gasteiger partial charge in [0.05, 0.1) is 6.61 Å². The molecule has 1 aliphatic carbocycles. The first-order valence-corrected chi connectivity index (χ1v) is 8.59. The summed E-state index contributed by atoms with van der Waals surface area (Å²) >= 11 is 0. The van der Waals surface area contributed by atoms with Crippen molar-refractivity contribution in [3.8, 4) is 0 Å². The van der Waals surface area contributed by atoms with Crippen molar-refractivity contribution in [1.82, 2.24) is 0 Å². The first kappa shape index (κ1) is 18.2. The Balaban J connectivity index is 1.97. The molecule has 0 unspecified atom stereocenters. The highest BCUT2D eigenvalue weighted by atomic mass is 16.5. The Bertz CT molecular complexity index is 348. The minimum atomic E-state index is 0.254. The predicted molar refractivity (Wildman–Crippen MR) is 89.4 cm³/mol. The van der Waals surface area contributed by atoms with Crippen LogP contribution in [0, 0.1) is 5.92 Å². The molecule has 0 atom stereocenters. The molecule has 2 heteroatoms. The molecule has 0 aliphatic heterocycles. The van der Waals surface area contributed by atoms with Crippen LogP contribution in [-0.4, -0.2) is 19.0 Å². The number of allylic oxidation sites excluding steroid dienone is 2. The first-order valence-electron chi connectivity index (χ1n) is 8.59. The van der Waals surface area contributed by atoms with Crippen molar-refractivity contribution in [3.05, 3.63) is 23.3 Å². The Morgan fingerprint density at radius 1 is 1.00 bits per heavy atom. The normalized spacial score (nSPS) is 15.2. The summed E-state index contributed by atoms with van der Waals surface area (Å²) < 4.78 is 5.60. The summed E-state index contributed by atoms with van der Waals surface area (Å²) in [6.45, 7) is 7.42. The monoisotopic (exact) mass is 292 g/mol. The maximum atomic E-state index is 11.8. The van der Waals surface area contributed by atoms with Crippen molar-refractivity contribution >= 4 is 5.78 Å². The number of rotatable bonds is 12. The van der Waals surface area contributed by atoms with E-state index in [1.807, 2.05) is 0 Å². The van der Waals surface area contributed by atoms with Gasteiger partial charge in [0.1, 0.15) is 6.61 Å². The van der Waals surface area contributed by atoms with E-state index in [9.17, 15) is 4.79 Å². The van der Waals surface area contributed by atoms with Gasteiger partial charge in [-0.3, -0.25) is 4.79 Å². The Hall–Kier alpha value is -0.890. The van der Waals surface area contributed by atoms with Gasteiger partial charge < -0.3 is 4.74 Å². The smallest absolute Gasteiger partial charge is 0.158 e. The summed E-state index contributed by atoms with van der Waals surface area (Å²) in [6, 6.07) is 0. The van der Waals surface area contributed by atoms with Gasteiger partial charge in [-0.05, 0) is 20.3 Å². The summed E-state index contributed by atoms with van der Waals surface area (Å²) in [6.07, 6.45) is 13.7. The summed E-state index contributed by atoms with van der Waals surface area (Å²) in [5.74, 6) is 0.640. The molecule has 0 aromatic carbocycles. The number of unbranched alkanes of at least 4 members (excludes halogenated alkanes) is 6. The third-order valence-corrected chi connectivity index (χ3v) is 4.32. The summed E-state index contributed by atoms with van der Waals surface area (Å²) in [5, 5.41) is 0. The molecular weight excluding hydrogens is 260 g/mol. The lowest BCUT2D eigenvalue weighted by molar-refractivity contribution is -0.123. The minimum Gasteiger partial charge on any atom is -0.373 e. The second kappa shape index (κ2) is 10.8. The quantitative estimate of drug-likeness (QED) is 0.460. The van der Waals surface area contributed by atoms with Gasteiger partial charge in [0.2, 0.25) is 0 Å². The summed E-state index contributed by atoms with van der Waals surface area (Å²) in [4.78, 5) is 11.8. The lowest BCUT2D eigenvalue weighted by Gasteiger charge is -2.14. The topological polar surface area (TPSA) is 26.3 Å². The minimum absolute atomic E-state index is 0.254. The maximum absolute atomic E-state index is 11.8. The molecule has 21 heavy (non-hydrogen) atoms. The van der Waals surface area contributed by atoms with Crippen molar-refractivity contribution in [2.75, 3.05) is 13.2 Å². The van der Waals surface area contributed by atoms with Gasteiger partial charge in [-0.2, -0.15) is 0 Å². The van der Waals surface area contributed by atoms with Gasteiger partial charge in [0.15, 0.2) is 5.78 Å². The highest BCUT2D eigenvalue weighted by Crippen LogP contribution is 2.26. The van der Waals surface area contributed by atoms with Crippen molar-refractivity contribution < 1.29 is 9.53 Å². The zero-order chi connectivity index (χ0) is 15.5. The van der Waals surface area contributed by atoms with Crippen molar-refractivity contribution in [3.63, 3.8) is 0 Å². The highest BCUT2D eigenvalue weighted by Gasteiger charge is 2.17. The molecule has 0 amide bonds. The number of ether oxygens (including phenoxy) is 1. The number of carbonyl (C=O) groups is 1. The average Bonchev–Trinajstić information content (AvgIpc) is 2.78. The second-order valence-corrected chi connectivity index (χ2v) is 6.30. The van der Waals surface area contributed by atoms with E-state index < -0.39 is 0 Å². The molecule has 1 aliphatic rings. The molecule has 0 fully saturated rings. The van der Waals surface area contributed by atoms with Crippen LogP contribution in [0.15, 0.2) is 23.3 Å². The Kier molecular flexibility index (Phi) is 9.32. The number of Topliss-reactive ketones (excluding diaryl/α,β-unsaturated/α-hetero) is 1. The van der Waals surface area contributed by atoms with E-state index in [0.29, 0.717) is 18.9 Å². The van der Waals surface area contributed by atoms with Crippen molar-refractivity contribution in [1.29, 1.82) is 0 Å². The molecule has 2 nitrogen and oxygen atoms in total. The van der Waals surface area contributed by atoms with Gasteiger partial charge >= 0.3 is 0 Å². The van der Waals surface area contributed by atoms with Crippen LogP contribution in [0.5, 0.6) is 0 Å². The summed E-state index contributed by atoms with van der Waals surface area (Å²) in [5.41, 5.74) is 2.68. The van der Waals surface area contributed by atoms with Crippen LogP contribution in [0.4, 0.5) is 0 Å². The van der Waals surface area contributed by atoms with Crippen LogP contribution >= 0.6 is 0 Å². The van der Waals surface area contributed by atoms with Crippen molar-refractivity contribution in [2.24, 2.45) is 5.92 Å². The molecule has 0 aromatic heterocycles. The van der Waals surface area contributed by atoms with Crippen LogP contribution in [0.1, 0.15) is 72.1 Å². The van der Waals surface area contributed by atoms with Crippen LogP contribution in [0.3, 0.4) is 0 Å². The fraction of sp³-hybridized carbons (Fsp3) is 0.737. The van der Waals surface area contributed by atoms with Gasteiger partial charge in [-0.1, -0.05) is 68.7 Å². The van der Waals surface area contributed by atoms with E-state index in [1.54, 1.807) is 0 Å². The lowest BCUT2D eigenvalue weighted by atomic mass is 9.99. The third-order valence-electron chi connectivity index (χ3n) is 4.32. The van der Waals surface area contributed by atoms with E-state index in [2.05, 4.69) is 32.9 Å². The Morgan fingerprint density at radius 3 is 2.19 bits per heavy atom. The molecule has 0 saturated carbocycles. The second-order valence-electron chi connectivity index (χ2n) is 6.30. The van der Waals surface area contributed by atoms with Gasteiger partial charge in [0, 0.05) is 12.3 Å². The zero-order valence-corrected chi connectivity index (χ0v) is 14.1. The Morgan fingerprint density at radius 2 is 1.57 bits per heavy atom. The first-order chi connectivity index (χ1) is 10.1. The van der Waals surface area contributed by atoms with Gasteiger partial charge in [0.25, 0.3) is 0 Å². The van der Waals surface area contributed by atoms with E-state index in [0.717, 1.165) is 6.42 Å². The highest BCUT2D eigenvalue weighted by molar-refractivity contribution is 5.79. The van der Waals surface area contributed by atoms with Gasteiger partial charge in [-0.15, -0.1) is 0 Å². The maximum Gasteiger partial charge on any atom is 0.158 e. The molecule has 1 rings (SSSR count). The molecule has 0 spiro atoms. The molecule has 0 bridgehead atoms. The van der Waals surface area contributed by atoms with E-state index in [4.69, 9.17) is 4.74 Å². The summed E-state index contributed by atoms with van der Waals surface area (Å²) in [7, 11) is 0. The predicted octanol–water partition coefficient (Wildman–Crippen LogP) is 5.24. The zero-order valence-electron chi connectivity index (χ0n) is 14.1. The molecule has 0 heterocycles. The van der Waals surface area contributed by atoms with Gasteiger partial charge in [-0.25, -0.2) is 0 Å². The standard InChI is InChI=1S/C19H32O2/c1-4-5-6-7-8-9-10-11-18(20)14-21-15-19-16(2)12-13-17(19)3/h12-13,19H,4-11,14-15H2,1-3H3. The lowest BCUT2D eigenvalue weighted by Crippen LogP contribution is -2.15. The van der Waals surface area contributed by atoms with E-state index >= 15 is 0 Å².